The molecule has 0 aliphatic carbocycles. The molecule has 0 spiro atoms. The maximum absolute atomic E-state index is 5.32. The molecule has 0 aromatic heterocycles. The van der Waals surface area contributed by atoms with Crippen molar-refractivity contribution < 1.29 is 9.47 Å². The molecule has 0 amide bonds. The van der Waals surface area contributed by atoms with E-state index in [0.29, 0.717) is 13.2 Å². The van der Waals surface area contributed by atoms with Gasteiger partial charge in [0.15, 0.2) is 0 Å². The summed E-state index contributed by atoms with van der Waals surface area (Å²) in [6, 6.07) is 9.83. The van der Waals surface area contributed by atoms with Crippen LogP contribution in [0, 0.1) is 0 Å². The summed E-state index contributed by atoms with van der Waals surface area (Å²) in [5.41, 5.74) is 0. The van der Waals surface area contributed by atoms with Crippen LogP contribution in [0.2, 0.25) is 0 Å². The van der Waals surface area contributed by atoms with Gasteiger partial charge in [0.25, 0.3) is 0 Å². The summed E-state index contributed by atoms with van der Waals surface area (Å²) >= 11 is 5.31. The van der Waals surface area contributed by atoms with Crippen LogP contribution in [0.4, 0.5) is 0 Å². The topological polar surface area (TPSA) is 18.5 Å². The fourth-order valence-electron chi connectivity index (χ4n) is 0.790. The van der Waals surface area contributed by atoms with E-state index in [4.69, 9.17) is 21.1 Å². The molecule has 1 aromatic carbocycles. The second-order valence-corrected chi connectivity index (χ2v) is 2.40. The normalized spacial score (nSPS) is 9.75. The predicted molar refractivity (Wildman–Crippen MR) is 48.6 cm³/mol. The van der Waals surface area contributed by atoms with Crippen molar-refractivity contribution in [2.45, 2.75) is 0 Å². The van der Waals surface area contributed by atoms with Crippen LogP contribution in [0.25, 0.3) is 0 Å². The van der Waals surface area contributed by atoms with E-state index < -0.39 is 0 Å². The van der Waals surface area contributed by atoms with Crippen LogP contribution in [0.15, 0.2) is 30.3 Å². The van der Waals surface area contributed by atoms with Crippen LogP contribution >= 0.6 is 11.6 Å². The molecule has 1 aromatic rings. The Morgan fingerprint density at radius 2 is 1.83 bits per heavy atom. The van der Waals surface area contributed by atoms with E-state index in [-0.39, 0.29) is 6.07 Å². The largest absolute Gasteiger partial charge is 0.491 e. The SMILES string of the molecule is ClCOCCOc1ccccc1. The second-order valence-electron chi connectivity index (χ2n) is 2.18. The van der Waals surface area contributed by atoms with E-state index in [0.717, 1.165) is 5.75 Å². The Labute approximate surface area is 77.1 Å². The summed E-state index contributed by atoms with van der Waals surface area (Å²) in [7, 11) is 0. The summed E-state index contributed by atoms with van der Waals surface area (Å²) in [6.45, 7) is 1.06. The fraction of sp³-hybridized carbons (Fsp3) is 0.333. The Morgan fingerprint density at radius 1 is 1.08 bits per heavy atom. The van der Waals surface area contributed by atoms with Crippen LogP contribution in [0.5, 0.6) is 5.75 Å². The summed E-state index contributed by atoms with van der Waals surface area (Å²) in [6.07, 6.45) is 0. The number of ether oxygens (including phenoxy) is 2. The van der Waals surface area contributed by atoms with Crippen molar-refractivity contribution in [3.63, 3.8) is 0 Å². The Balaban J connectivity index is 2.16. The first kappa shape index (κ1) is 9.36. The predicted octanol–water partition coefficient (Wildman–Crippen LogP) is 2.28. The van der Waals surface area contributed by atoms with E-state index >= 15 is 0 Å². The lowest BCUT2D eigenvalue weighted by molar-refractivity contribution is 0.133. The van der Waals surface area contributed by atoms with E-state index in [2.05, 4.69) is 0 Å². The molecular weight excluding hydrogens is 176 g/mol. The summed E-state index contributed by atoms with van der Waals surface area (Å²) < 4.78 is 10.2. The molecule has 3 heteroatoms. The monoisotopic (exact) mass is 186 g/mol. The van der Waals surface area contributed by atoms with Crippen molar-refractivity contribution in [3.8, 4) is 5.75 Å². The molecule has 0 N–H and O–H groups in total. The lowest BCUT2D eigenvalue weighted by atomic mass is 10.3. The lowest BCUT2D eigenvalue weighted by Gasteiger charge is -2.04. The molecule has 0 saturated carbocycles. The van der Waals surface area contributed by atoms with Crippen LogP contribution in [0.3, 0.4) is 0 Å². The van der Waals surface area contributed by atoms with Gasteiger partial charge in [-0.2, -0.15) is 0 Å². The zero-order valence-corrected chi connectivity index (χ0v) is 7.46. The molecule has 2 nitrogen and oxygen atoms in total. The maximum Gasteiger partial charge on any atom is 0.121 e. The first-order valence-electron chi connectivity index (χ1n) is 3.75. The zero-order valence-electron chi connectivity index (χ0n) is 6.70. The van der Waals surface area contributed by atoms with Gasteiger partial charge < -0.3 is 9.47 Å². The van der Waals surface area contributed by atoms with Crippen molar-refractivity contribution in [2.24, 2.45) is 0 Å². The standard InChI is InChI=1S/C9H11ClO2/c10-8-11-6-7-12-9-4-2-1-3-5-9/h1-5H,6-8H2. The van der Waals surface area contributed by atoms with Crippen molar-refractivity contribution in [3.05, 3.63) is 30.3 Å². The van der Waals surface area contributed by atoms with Gasteiger partial charge >= 0.3 is 0 Å². The Kier molecular flexibility index (Phi) is 4.57. The number of halogens is 1. The van der Waals surface area contributed by atoms with E-state index in [1.54, 1.807) is 0 Å². The van der Waals surface area contributed by atoms with Gasteiger partial charge in [-0.15, -0.1) is 0 Å². The third kappa shape index (κ3) is 3.60. The van der Waals surface area contributed by atoms with Gasteiger partial charge in [-0.3, -0.25) is 0 Å². The van der Waals surface area contributed by atoms with Crippen LogP contribution in [0.1, 0.15) is 0 Å². The third-order valence-electron chi connectivity index (χ3n) is 1.32. The van der Waals surface area contributed by atoms with E-state index in [9.17, 15) is 0 Å². The number of rotatable bonds is 5. The second kappa shape index (κ2) is 5.86. The molecule has 0 atom stereocenters. The molecule has 0 heterocycles. The Bertz CT molecular complexity index is 201. The molecule has 0 unspecified atom stereocenters. The van der Waals surface area contributed by atoms with Gasteiger partial charge in [0.1, 0.15) is 18.4 Å². The average Bonchev–Trinajstić information content (AvgIpc) is 2.14. The lowest BCUT2D eigenvalue weighted by Crippen LogP contribution is -2.05. The van der Waals surface area contributed by atoms with Crippen molar-refractivity contribution in [2.75, 3.05) is 19.3 Å². The van der Waals surface area contributed by atoms with Crippen LogP contribution in [-0.4, -0.2) is 19.3 Å². The molecule has 0 radical (unpaired) electrons. The highest BCUT2D eigenvalue weighted by molar-refractivity contribution is 6.17. The molecule has 0 bridgehead atoms. The van der Waals surface area contributed by atoms with Gasteiger partial charge in [-0.25, -0.2) is 0 Å². The minimum atomic E-state index is 0.220. The van der Waals surface area contributed by atoms with Crippen molar-refractivity contribution in [1.82, 2.24) is 0 Å². The molecule has 12 heavy (non-hydrogen) atoms. The molecule has 0 aliphatic heterocycles. The molecule has 66 valence electrons. The molecule has 1 rings (SSSR count). The van der Waals surface area contributed by atoms with Crippen molar-refractivity contribution in [1.29, 1.82) is 0 Å². The number of benzene rings is 1. The maximum atomic E-state index is 5.32. The van der Waals surface area contributed by atoms with Gasteiger partial charge in [-0.05, 0) is 12.1 Å². The summed E-state index contributed by atoms with van der Waals surface area (Å²) in [5, 5.41) is 0. The minimum absolute atomic E-state index is 0.220. The first-order valence-corrected chi connectivity index (χ1v) is 4.28. The van der Waals surface area contributed by atoms with Crippen LogP contribution in [-0.2, 0) is 4.74 Å². The number of hydrogen-bond donors (Lipinski definition) is 0. The fourth-order valence-corrected chi connectivity index (χ4v) is 0.899. The number of para-hydroxylation sites is 1. The highest BCUT2D eigenvalue weighted by Crippen LogP contribution is 2.07. The summed E-state index contributed by atoms with van der Waals surface area (Å²) in [4.78, 5) is 0. The van der Waals surface area contributed by atoms with E-state index in [1.807, 2.05) is 30.3 Å². The smallest absolute Gasteiger partial charge is 0.121 e. The minimum Gasteiger partial charge on any atom is -0.491 e. The Hall–Kier alpha value is -0.730. The highest BCUT2D eigenvalue weighted by Gasteiger charge is 1.89. The zero-order chi connectivity index (χ0) is 8.65. The number of hydrogen-bond acceptors (Lipinski definition) is 2. The number of alkyl halides is 1. The van der Waals surface area contributed by atoms with Gasteiger partial charge in [0.05, 0.1) is 6.61 Å². The molecule has 0 aliphatic rings. The molecule has 0 fully saturated rings. The first-order chi connectivity index (χ1) is 5.93. The van der Waals surface area contributed by atoms with Crippen molar-refractivity contribution >= 4 is 11.6 Å². The quantitative estimate of drug-likeness (QED) is 0.519. The van der Waals surface area contributed by atoms with E-state index in [1.165, 1.54) is 0 Å². The highest BCUT2D eigenvalue weighted by atomic mass is 35.5. The third-order valence-corrected chi connectivity index (χ3v) is 1.47. The molecule has 0 saturated heterocycles. The average molecular weight is 187 g/mol. The Morgan fingerprint density at radius 3 is 2.50 bits per heavy atom. The van der Waals surface area contributed by atoms with Crippen LogP contribution < -0.4 is 4.74 Å². The van der Waals surface area contributed by atoms with Gasteiger partial charge in [0, 0.05) is 0 Å². The molecular formula is C9H11ClO2. The summed E-state index contributed by atoms with van der Waals surface area (Å²) in [5.74, 6) is 0.857. The van der Waals surface area contributed by atoms with Gasteiger partial charge in [-0.1, -0.05) is 29.8 Å². The van der Waals surface area contributed by atoms with Gasteiger partial charge in [0.2, 0.25) is 0 Å².